The third-order valence-electron chi connectivity index (χ3n) is 4.06. The second-order valence-electron chi connectivity index (χ2n) is 5.30. The van der Waals surface area contributed by atoms with Gasteiger partial charge < -0.3 is 14.6 Å². The fraction of sp³-hybridized carbons (Fsp3) is 1.00. The lowest BCUT2D eigenvalue weighted by atomic mass is 9.74. The third kappa shape index (κ3) is 4.23. The first kappa shape index (κ1) is 14.9. The highest BCUT2D eigenvalue weighted by atomic mass is 16.7. The van der Waals surface area contributed by atoms with Crippen molar-refractivity contribution in [2.45, 2.75) is 59.4 Å². The summed E-state index contributed by atoms with van der Waals surface area (Å²) in [5.74, 6) is 1.78. The Hall–Kier alpha value is -0.120. The number of hydrogen-bond acceptors (Lipinski definition) is 3. The lowest BCUT2D eigenvalue weighted by Crippen LogP contribution is -2.40. The van der Waals surface area contributed by atoms with Gasteiger partial charge in [-0.15, -0.1) is 0 Å². The van der Waals surface area contributed by atoms with Crippen molar-refractivity contribution in [3.63, 3.8) is 0 Å². The zero-order valence-corrected chi connectivity index (χ0v) is 11.7. The van der Waals surface area contributed by atoms with Crippen molar-refractivity contribution >= 4 is 0 Å². The predicted octanol–water partition coefficient (Wildman–Crippen LogP) is 2.82. The van der Waals surface area contributed by atoms with Gasteiger partial charge in [-0.05, 0) is 44.4 Å². The van der Waals surface area contributed by atoms with Crippen LogP contribution in [0.4, 0.5) is 0 Å². The van der Waals surface area contributed by atoms with Crippen molar-refractivity contribution in [2.24, 2.45) is 17.8 Å². The lowest BCUT2D eigenvalue weighted by molar-refractivity contribution is -0.206. The maximum atomic E-state index is 10.3. The summed E-state index contributed by atoms with van der Waals surface area (Å²) in [7, 11) is 0. The summed E-state index contributed by atoms with van der Waals surface area (Å²) in [4.78, 5) is 0. The Morgan fingerprint density at radius 2 is 1.65 bits per heavy atom. The van der Waals surface area contributed by atoms with Crippen molar-refractivity contribution in [3.05, 3.63) is 0 Å². The minimum absolute atomic E-state index is 0.323. The molecule has 17 heavy (non-hydrogen) atoms. The largest absolute Gasteiger partial charge is 0.388 e. The van der Waals surface area contributed by atoms with Gasteiger partial charge >= 0.3 is 0 Å². The second kappa shape index (κ2) is 7.34. The van der Waals surface area contributed by atoms with Gasteiger partial charge in [0.25, 0.3) is 0 Å². The van der Waals surface area contributed by atoms with Crippen LogP contribution in [-0.4, -0.2) is 30.7 Å². The minimum Gasteiger partial charge on any atom is -0.388 e. The van der Waals surface area contributed by atoms with Crippen LogP contribution in [0.1, 0.15) is 47.0 Å². The van der Waals surface area contributed by atoms with Crippen LogP contribution in [0.15, 0.2) is 0 Å². The molecule has 0 aromatic heterocycles. The van der Waals surface area contributed by atoms with Gasteiger partial charge in [-0.2, -0.15) is 0 Å². The highest BCUT2D eigenvalue weighted by Gasteiger charge is 2.34. The Morgan fingerprint density at radius 1 is 1.06 bits per heavy atom. The van der Waals surface area contributed by atoms with Crippen LogP contribution in [0, 0.1) is 17.8 Å². The topological polar surface area (TPSA) is 38.7 Å². The van der Waals surface area contributed by atoms with Crippen LogP contribution >= 0.6 is 0 Å². The van der Waals surface area contributed by atoms with E-state index >= 15 is 0 Å². The summed E-state index contributed by atoms with van der Waals surface area (Å²) in [5, 5.41) is 10.3. The highest BCUT2D eigenvalue weighted by molar-refractivity contribution is 4.81. The average molecular weight is 244 g/mol. The van der Waals surface area contributed by atoms with Crippen molar-refractivity contribution in [3.8, 4) is 0 Å². The van der Waals surface area contributed by atoms with E-state index in [1.807, 2.05) is 13.8 Å². The molecule has 3 nitrogen and oxygen atoms in total. The molecule has 102 valence electrons. The Morgan fingerprint density at radius 3 is 2.12 bits per heavy atom. The number of ether oxygens (including phenoxy) is 2. The van der Waals surface area contributed by atoms with Crippen molar-refractivity contribution in [1.82, 2.24) is 0 Å². The van der Waals surface area contributed by atoms with E-state index in [0.717, 1.165) is 18.8 Å². The summed E-state index contributed by atoms with van der Waals surface area (Å²) in [5.41, 5.74) is 0. The van der Waals surface area contributed by atoms with Gasteiger partial charge in [0.15, 0.2) is 6.29 Å². The number of aliphatic hydroxyl groups excluding tert-OH is 1. The van der Waals surface area contributed by atoms with Gasteiger partial charge in [0.2, 0.25) is 0 Å². The quantitative estimate of drug-likeness (QED) is 0.730. The summed E-state index contributed by atoms with van der Waals surface area (Å²) >= 11 is 0. The molecule has 0 aromatic carbocycles. The van der Waals surface area contributed by atoms with E-state index < -0.39 is 12.4 Å². The van der Waals surface area contributed by atoms with E-state index in [2.05, 4.69) is 13.8 Å². The molecule has 0 aliphatic heterocycles. The molecule has 1 aliphatic rings. The molecule has 0 aromatic rings. The van der Waals surface area contributed by atoms with E-state index in [1.54, 1.807) is 0 Å². The molecule has 0 saturated heterocycles. The standard InChI is InChI=1S/C14H28O3/c1-5-16-14(17-6-2)13(15)12-8-7-10(3)11(4)9-12/h10-15H,5-9H2,1-4H3. The highest BCUT2D eigenvalue weighted by Crippen LogP contribution is 2.36. The predicted molar refractivity (Wildman–Crippen MR) is 68.7 cm³/mol. The Bertz CT molecular complexity index is 202. The first-order valence-corrected chi connectivity index (χ1v) is 7.01. The molecule has 1 rings (SSSR count). The Kier molecular flexibility index (Phi) is 6.45. The smallest absolute Gasteiger partial charge is 0.183 e. The molecule has 0 bridgehead atoms. The molecule has 4 unspecified atom stereocenters. The van der Waals surface area contributed by atoms with Gasteiger partial charge in [-0.3, -0.25) is 0 Å². The first-order valence-electron chi connectivity index (χ1n) is 7.01. The number of aliphatic hydroxyl groups is 1. The van der Waals surface area contributed by atoms with Crippen LogP contribution in [0.2, 0.25) is 0 Å². The van der Waals surface area contributed by atoms with E-state index in [-0.39, 0.29) is 0 Å². The van der Waals surface area contributed by atoms with Crippen LogP contribution in [-0.2, 0) is 9.47 Å². The molecule has 0 spiro atoms. The molecule has 3 heteroatoms. The second-order valence-corrected chi connectivity index (χ2v) is 5.30. The molecule has 0 heterocycles. The van der Waals surface area contributed by atoms with E-state index in [4.69, 9.17) is 9.47 Å². The fourth-order valence-electron chi connectivity index (χ4n) is 2.70. The maximum Gasteiger partial charge on any atom is 0.183 e. The third-order valence-corrected chi connectivity index (χ3v) is 4.06. The average Bonchev–Trinajstić information content (AvgIpc) is 2.31. The van der Waals surface area contributed by atoms with E-state index in [9.17, 15) is 5.11 Å². The minimum atomic E-state index is -0.482. The lowest BCUT2D eigenvalue weighted by Gasteiger charge is -2.37. The Balaban J connectivity index is 2.51. The molecule has 0 radical (unpaired) electrons. The van der Waals surface area contributed by atoms with E-state index in [1.165, 1.54) is 6.42 Å². The first-order chi connectivity index (χ1) is 8.10. The van der Waals surface area contributed by atoms with Crippen LogP contribution < -0.4 is 0 Å². The van der Waals surface area contributed by atoms with Crippen molar-refractivity contribution in [2.75, 3.05) is 13.2 Å². The monoisotopic (exact) mass is 244 g/mol. The maximum absolute atomic E-state index is 10.3. The van der Waals surface area contributed by atoms with E-state index in [0.29, 0.717) is 25.0 Å². The normalized spacial score (nSPS) is 31.8. The van der Waals surface area contributed by atoms with Gasteiger partial charge in [0.1, 0.15) is 6.10 Å². The summed E-state index contributed by atoms with van der Waals surface area (Å²) in [6, 6.07) is 0. The van der Waals surface area contributed by atoms with Gasteiger partial charge in [0, 0.05) is 13.2 Å². The molecule has 1 fully saturated rings. The van der Waals surface area contributed by atoms with Gasteiger partial charge in [0.05, 0.1) is 0 Å². The van der Waals surface area contributed by atoms with Crippen LogP contribution in [0.25, 0.3) is 0 Å². The SMILES string of the molecule is CCOC(OCC)C(O)C1CCC(C)C(C)C1. The summed E-state index contributed by atoms with van der Waals surface area (Å²) < 4.78 is 11.0. The molecular weight excluding hydrogens is 216 g/mol. The number of rotatable bonds is 6. The zero-order valence-electron chi connectivity index (χ0n) is 11.7. The zero-order chi connectivity index (χ0) is 12.8. The van der Waals surface area contributed by atoms with Crippen LogP contribution in [0.3, 0.4) is 0 Å². The van der Waals surface area contributed by atoms with Gasteiger partial charge in [-0.25, -0.2) is 0 Å². The molecule has 0 amide bonds. The van der Waals surface area contributed by atoms with Gasteiger partial charge in [-0.1, -0.05) is 20.3 Å². The van der Waals surface area contributed by atoms with Crippen molar-refractivity contribution < 1.29 is 14.6 Å². The fourth-order valence-corrected chi connectivity index (χ4v) is 2.70. The Labute approximate surface area is 105 Å². The molecule has 1 saturated carbocycles. The summed E-state index contributed by atoms with van der Waals surface area (Å²) in [6.07, 6.45) is 2.44. The molecule has 4 atom stereocenters. The molecule has 1 N–H and O–H groups in total. The molecular formula is C14H28O3. The molecule has 1 aliphatic carbocycles. The van der Waals surface area contributed by atoms with Crippen molar-refractivity contribution in [1.29, 1.82) is 0 Å². The van der Waals surface area contributed by atoms with Crippen LogP contribution in [0.5, 0.6) is 0 Å². The number of hydrogen-bond donors (Lipinski definition) is 1. The summed E-state index contributed by atoms with van der Waals surface area (Å²) in [6.45, 7) is 9.62.